The van der Waals surface area contributed by atoms with Crippen molar-refractivity contribution in [2.24, 2.45) is 5.73 Å². The number of nitrogens with zero attached hydrogens (tertiary/aromatic N) is 1. The Labute approximate surface area is 149 Å². The lowest BCUT2D eigenvalue weighted by Crippen LogP contribution is -2.27. The quantitative estimate of drug-likeness (QED) is 0.744. The maximum atomic E-state index is 12.8. The van der Waals surface area contributed by atoms with E-state index in [-0.39, 0.29) is 17.0 Å². The van der Waals surface area contributed by atoms with Crippen molar-refractivity contribution in [2.75, 3.05) is 7.11 Å². The van der Waals surface area contributed by atoms with Crippen molar-refractivity contribution in [1.29, 1.82) is 5.26 Å². The summed E-state index contributed by atoms with van der Waals surface area (Å²) in [6, 6.07) is 16.6. The van der Waals surface area contributed by atoms with Gasteiger partial charge in [0.1, 0.15) is 23.1 Å². The number of H-pyrrole nitrogens is 1. The van der Waals surface area contributed by atoms with Gasteiger partial charge in [0.05, 0.1) is 24.1 Å². The number of hydrogen-bond donors (Lipinski definition) is 2. The predicted molar refractivity (Wildman–Crippen MR) is 96.9 cm³/mol. The SMILES string of the molecule is COc1ccc(C2C(C#N)=C(N)Oc3c2c(=O)[nH]c2ccccc32)cc1. The van der Waals surface area contributed by atoms with Gasteiger partial charge in [0.2, 0.25) is 5.88 Å². The highest BCUT2D eigenvalue weighted by atomic mass is 16.5. The second-order valence-electron chi connectivity index (χ2n) is 5.94. The van der Waals surface area contributed by atoms with Crippen molar-refractivity contribution in [3.8, 4) is 17.6 Å². The van der Waals surface area contributed by atoms with Gasteiger partial charge >= 0.3 is 0 Å². The molecule has 0 saturated heterocycles. The first-order chi connectivity index (χ1) is 12.6. The Morgan fingerprint density at radius 1 is 1.19 bits per heavy atom. The molecule has 0 aliphatic carbocycles. The summed E-state index contributed by atoms with van der Waals surface area (Å²) in [7, 11) is 1.58. The zero-order valence-electron chi connectivity index (χ0n) is 13.9. The number of aromatic amines is 1. The standard InChI is InChI=1S/C20H15N3O3/c1-25-12-8-6-11(7-9-12)16-14(10-21)19(22)26-18-13-4-2-3-5-15(13)23-20(24)17(16)18/h2-9,16H,22H2,1H3,(H,23,24). The highest BCUT2D eigenvalue weighted by Crippen LogP contribution is 2.43. The van der Waals surface area contributed by atoms with Crippen LogP contribution in [0.4, 0.5) is 0 Å². The molecule has 6 heteroatoms. The third-order valence-corrected chi connectivity index (χ3v) is 4.53. The van der Waals surface area contributed by atoms with Crippen LogP contribution in [0.1, 0.15) is 17.0 Å². The van der Waals surface area contributed by atoms with Gasteiger partial charge in [-0.25, -0.2) is 0 Å². The molecule has 2 aromatic carbocycles. The fourth-order valence-corrected chi connectivity index (χ4v) is 3.30. The number of nitrogens with one attached hydrogen (secondary N) is 1. The van der Waals surface area contributed by atoms with Gasteiger partial charge in [0.15, 0.2) is 0 Å². The van der Waals surface area contributed by atoms with Crippen molar-refractivity contribution >= 4 is 10.9 Å². The molecule has 0 spiro atoms. The van der Waals surface area contributed by atoms with E-state index in [4.69, 9.17) is 15.2 Å². The largest absolute Gasteiger partial charge is 0.497 e. The second-order valence-corrected chi connectivity index (χ2v) is 5.94. The van der Waals surface area contributed by atoms with Crippen LogP contribution in [0.3, 0.4) is 0 Å². The van der Waals surface area contributed by atoms with E-state index in [1.54, 1.807) is 25.3 Å². The first-order valence-electron chi connectivity index (χ1n) is 8.00. The third kappa shape index (κ3) is 2.30. The van der Waals surface area contributed by atoms with E-state index in [0.29, 0.717) is 22.6 Å². The molecule has 26 heavy (non-hydrogen) atoms. The number of fused-ring (bicyclic) bond motifs is 3. The number of ether oxygens (including phenoxy) is 2. The molecule has 1 aliphatic heterocycles. The lowest BCUT2D eigenvalue weighted by molar-refractivity contribution is 0.396. The van der Waals surface area contributed by atoms with E-state index in [1.807, 2.05) is 30.3 Å². The van der Waals surface area contributed by atoms with Crippen molar-refractivity contribution in [3.63, 3.8) is 0 Å². The average molecular weight is 345 g/mol. The molecule has 6 nitrogen and oxygen atoms in total. The molecule has 4 rings (SSSR count). The highest BCUT2D eigenvalue weighted by molar-refractivity contribution is 5.87. The minimum absolute atomic E-state index is 0.0107. The maximum absolute atomic E-state index is 12.8. The van der Waals surface area contributed by atoms with Crippen LogP contribution in [0.25, 0.3) is 10.9 Å². The normalized spacial score (nSPS) is 15.9. The smallest absolute Gasteiger partial charge is 0.256 e. The second kappa shape index (κ2) is 5.97. The molecule has 1 aliphatic rings. The van der Waals surface area contributed by atoms with Gasteiger partial charge in [-0.1, -0.05) is 24.3 Å². The van der Waals surface area contributed by atoms with E-state index >= 15 is 0 Å². The summed E-state index contributed by atoms with van der Waals surface area (Å²) in [5.41, 5.74) is 7.72. The lowest BCUT2D eigenvalue weighted by atomic mass is 9.83. The summed E-state index contributed by atoms with van der Waals surface area (Å²) in [5, 5.41) is 10.4. The Balaban J connectivity index is 2.03. The number of allylic oxidation sites excluding steroid dienone is 1. The Morgan fingerprint density at radius 3 is 2.62 bits per heavy atom. The van der Waals surface area contributed by atoms with Crippen molar-refractivity contribution in [3.05, 3.63) is 81.5 Å². The molecule has 0 bridgehead atoms. The van der Waals surface area contributed by atoms with Gasteiger partial charge in [-0.15, -0.1) is 0 Å². The molecule has 2 heterocycles. The zero-order valence-corrected chi connectivity index (χ0v) is 13.9. The summed E-state index contributed by atoms with van der Waals surface area (Å²) in [5.74, 6) is 0.477. The predicted octanol–water partition coefficient (Wildman–Crippen LogP) is 2.75. The number of nitrogens with two attached hydrogens (primary N) is 1. The average Bonchev–Trinajstić information content (AvgIpc) is 2.67. The molecule has 0 amide bonds. The van der Waals surface area contributed by atoms with Crippen molar-refractivity contribution < 1.29 is 9.47 Å². The van der Waals surface area contributed by atoms with Crippen LogP contribution in [-0.4, -0.2) is 12.1 Å². The number of nitriles is 1. The van der Waals surface area contributed by atoms with Gasteiger partial charge in [-0.3, -0.25) is 4.79 Å². The summed E-state index contributed by atoms with van der Waals surface area (Å²) >= 11 is 0. The number of para-hydroxylation sites is 1. The van der Waals surface area contributed by atoms with Crippen molar-refractivity contribution in [1.82, 2.24) is 4.98 Å². The minimum Gasteiger partial charge on any atom is -0.497 e. The molecule has 0 saturated carbocycles. The van der Waals surface area contributed by atoms with E-state index in [0.717, 1.165) is 10.9 Å². The summed E-state index contributed by atoms with van der Waals surface area (Å²) in [4.78, 5) is 15.7. The minimum atomic E-state index is -0.608. The molecule has 3 aromatic rings. The Morgan fingerprint density at radius 2 is 1.92 bits per heavy atom. The van der Waals surface area contributed by atoms with Crippen LogP contribution in [0, 0.1) is 11.3 Å². The first-order valence-corrected chi connectivity index (χ1v) is 8.00. The molecular weight excluding hydrogens is 330 g/mol. The van der Waals surface area contributed by atoms with E-state index in [9.17, 15) is 10.1 Å². The van der Waals surface area contributed by atoms with Crippen LogP contribution >= 0.6 is 0 Å². The molecule has 1 aromatic heterocycles. The van der Waals surface area contributed by atoms with E-state index < -0.39 is 5.92 Å². The fourth-order valence-electron chi connectivity index (χ4n) is 3.30. The van der Waals surface area contributed by atoms with Crippen molar-refractivity contribution in [2.45, 2.75) is 5.92 Å². The van der Waals surface area contributed by atoms with Gasteiger partial charge in [-0.05, 0) is 29.8 Å². The molecule has 0 fully saturated rings. The lowest BCUT2D eigenvalue weighted by Gasteiger charge is -2.26. The molecule has 0 radical (unpaired) electrons. The number of rotatable bonds is 2. The topological polar surface area (TPSA) is 101 Å². The van der Waals surface area contributed by atoms with Gasteiger partial charge in [-0.2, -0.15) is 5.26 Å². The summed E-state index contributed by atoms with van der Waals surface area (Å²) in [6.45, 7) is 0. The Bertz CT molecular complexity index is 1140. The molecule has 1 unspecified atom stereocenters. The maximum Gasteiger partial charge on any atom is 0.256 e. The zero-order chi connectivity index (χ0) is 18.3. The number of benzene rings is 2. The van der Waals surface area contributed by atoms with Crippen LogP contribution in [-0.2, 0) is 0 Å². The van der Waals surface area contributed by atoms with Crippen LogP contribution in [0.5, 0.6) is 11.5 Å². The number of methoxy groups -OCH3 is 1. The van der Waals surface area contributed by atoms with Gasteiger partial charge < -0.3 is 20.2 Å². The highest BCUT2D eigenvalue weighted by Gasteiger charge is 2.34. The van der Waals surface area contributed by atoms with Crippen LogP contribution < -0.4 is 20.8 Å². The number of hydrogen-bond acceptors (Lipinski definition) is 5. The number of aromatic nitrogens is 1. The van der Waals surface area contributed by atoms with Gasteiger partial charge in [0.25, 0.3) is 5.56 Å². The summed E-state index contributed by atoms with van der Waals surface area (Å²) < 4.78 is 10.9. The Hall–Kier alpha value is -3.72. The Kier molecular flexibility index (Phi) is 3.63. The monoisotopic (exact) mass is 345 g/mol. The third-order valence-electron chi connectivity index (χ3n) is 4.53. The van der Waals surface area contributed by atoms with E-state index in [2.05, 4.69) is 11.1 Å². The summed E-state index contributed by atoms with van der Waals surface area (Å²) in [6.07, 6.45) is 0. The van der Waals surface area contributed by atoms with Gasteiger partial charge in [0, 0.05) is 5.39 Å². The molecule has 3 N–H and O–H groups in total. The molecule has 128 valence electrons. The first kappa shape index (κ1) is 15.8. The van der Waals surface area contributed by atoms with Crippen LogP contribution in [0.2, 0.25) is 0 Å². The molecule has 1 atom stereocenters. The fraction of sp³-hybridized carbons (Fsp3) is 0.100. The molecular formula is C20H15N3O3. The van der Waals surface area contributed by atoms with Crippen LogP contribution in [0.15, 0.2) is 64.8 Å². The number of pyridine rings is 1. The van der Waals surface area contributed by atoms with E-state index in [1.165, 1.54) is 0 Å².